The van der Waals surface area contributed by atoms with Crippen LogP contribution in [0, 0.1) is 12.3 Å². The van der Waals surface area contributed by atoms with Crippen molar-refractivity contribution in [1.29, 1.82) is 0 Å². The number of aryl methyl sites for hydroxylation is 1. The number of rotatable bonds is 4. The van der Waals surface area contributed by atoms with E-state index in [0.717, 1.165) is 12.8 Å². The molecule has 1 heteroatoms. The van der Waals surface area contributed by atoms with Gasteiger partial charge in [0.05, 0.1) is 0 Å². The van der Waals surface area contributed by atoms with Crippen molar-refractivity contribution < 1.29 is 0 Å². The smallest absolute Gasteiger partial charge is 0.00795 e. The van der Waals surface area contributed by atoms with Crippen molar-refractivity contribution in [3.8, 4) is 0 Å². The Morgan fingerprint density at radius 1 is 1.12 bits per heavy atom. The summed E-state index contributed by atoms with van der Waals surface area (Å²) in [6.45, 7) is 8.92. The first-order valence-corrected chi connectivity index (χ1v) is 6.18. The molecule has 0 bridgehead atoms. The lowest BCUT2D eigenvalue weighted by molar-refractivity contribution is 0.347. The summed E-state index contributed by atoms with van der Waals surface area (Å²) in [6, 6.07) is 8.98. The Labute approximate surface area is 100 Å². The van der Waals surface area contributed by atoms with Gasteiger partial charge in [0, 0.05) is 6.04 Å². The van der Waals surface area contributed by atoms with Crippen molar-refractivity contribution in [2.45, 2.75) is 53.0 Å². The predicted octanol–water partition coefficient (Wildman–Crippen LogP) is 3.69. The van der Waals surface area contributed by atoms with Gasteiger partial charge in [-0.15, -0.1) is 0 Å². The third kappa shape index (κ3) is 5.32. The zero-order valence-corrected chi connectivity index (χ0v) is 11.1. The van der Waals surface area contributed by atoms with Crippen molar-refractivity contribution >= 4 is 0 Å². The fourth-order valence-corrected chi connectivity index (χ4v) is 1.75. The van der Waals surface area contributed by atoms with Crippen LogP contribution in [0.15, 0.2) is 24.3 Å². The molecule has 0 aliphatic heterocycles. The fourth-order valence-electron chi connectivity index (χ4n) is 1.75. The van der Waals surface area contributed by atoms with Gasteiger partial charge in [0.25, 0.3) is 0 Å². The molecule has 0 radical (unpaired) electrons. The molecule has 2 N–H and O–H groups in total. The zero-order valence-electron chi connectivity index (χ0n) is 11.1. The van der Waals surface area contributed by atoms with Crippen molar-refractivity contribution in [3.63, 3.8) is 0 Å². The summed E-state index contributed by atoms with van der Waals surface area (Å²) in [5.74, 6) is 0. The standard InChI is InChI=1S/C15H25N/c1-12-5-7-13(8-6-12)11-14(16)9-10-15(2,3)4/h5-8,14H,9-11,16H2,1-4H3. The lowest BCUT2D eigenvalue weighted by Crippen LogP contribution is -2.24. The van der Waals surface area contributed by atoms with E-state index in [1.807, 2.05) is 0 Å². The van der Waals surface area contributed by atoms with Crippen molar-refractivity contribution in [1.82, 2.24) is 0 Å². The molecule has 0 aliphatic carbocycles. The predicted molar refractivity (Wildman–Crippen MR) is 71.5 cm³/mol. The van der Waals surface area contributed by atoms with Crippen LogP contribution in [-0.2, 0) is 6.42 Å². The van der Waals surface area contributed by atoms with Crippen molar-refractivity contribution in [2.24, 2.45) is 11.1 Å². The lowest BCUT2D eigenvalue weighted by Gasteiger charge is -2.20. The molecule has 0 aliphatic rings. The van der Waals surface area contributed by atoms with Crippen LogP contribution in [0.1, 0.15) is 44.7 Å². The monoisotopic (exact) mass is 219 g/mol. The number of hydrogen-bond donors (Lipinski definition) is 1. The van der Waals surface area contributed by atoms with Crippen LogP contribution < -0.4 is 5.73 Å². The van der Waals surface area contributed by atoms with Gasteiger partial charge in [-0.2, -0.15) is 0 Å². The Bertz CT molecular complexity index is 305. The van der Waals surface area contributed by atoms with Gasteiger partial charge in [0.1, 0.15) is 0 Å². The molecule has 90 valence electrons. The third-order valence-corrected chi connectivity index (χ3v) is 2.88. The zero-order chi connectivity index (χ0) is 12.2. The molecule has 1 atom stereocenters. The van der Waals surface area contributed by atoms with Crippen LogP contribution in [0.4, 0.5) is 0 Å². The molecular formula is C15H25N. The first kappa shape index (κ1) is 13.2. The molecule has 0 heterocycles. The maximum atomic E-state index is 6.15. The minimum Gasteiger partial charge on any atom is -0.327 e. The van der Waals surface area contributed by atoms with Crippen LogP contribution in [0.3, 0.4) is 0 Å². The summed E-state index contributed by atoms with van der Waals surface area (Å²) < 4.78 is 0. The van der Waals surface area contributed by atoms with Gasteiger partial charge in [0.15, 0.2) is 0 Å². The second-order valence-electron chi connectivity index (χ2n) is 6.05. The van der Waals surface area contributed by atoms with Crippen molar-refractivity contribution in [3.05, 3.63) is 35.4 Å². The molecule has 16 heavy (non-hydrogen) atoms. The fraction of sp³-hybridized carbons (Fsp3) is 0.600. The first-order chi connectivity index (χ1) is 7.37. The Balaban J connectivity index is 2.39. The average Bonchev–Trinajstić information content (AvgIpc) is 2.18. The van der Waals surface area contributed by atoms with Gasteiger partial charge in [-0.3, -0.25) is 0 Å². The molecule has 0 spiro atoms. The molecule has 1 unspecified atom stereocenters. The third-order valence-electron chi connectivity index (χ3n) is 2.88. The summed E-state index contributed by atoms with van der Waals surface area (Å²) >= 11 is 0. The second-order valence-corrected chi connectivity index (χ2v) is 6.05. The minimum absolute atomic E-state index is 0.293. The number of nitrogens with two attached hydrogens (primary N) is 1. The molecule has 1 aromatic carbocycles. The summed E-state index contributed by atoms with van der Waals surface area (Å²) in [5, 5.41) is 0. The maximum Gasteiger partial charge on any atom is 0.00795 e. The van der Waals surface area contributed by atoms with Crippen LogP contribution in [0.25, 0.3) is 0 Å². The molecule has 0 saturated heterocycles. The maximum absolute atomic E-state index is 6.15. The van der Waals surface area contributed by atoms with Crippen LogP contribution in [0.2, 0.25) is 0 Å². The number of benzene rings is 1. The topological polar surface area (TPSA) is 26.0 Å². The highest BCUT2D eigenvalue weighted by molar-refractivity contribution is 5.21. The van der Waals surface area contributed by atoms with Gasteiger partial charge in [-0.05, 0) is 37.2 Å². The van der Waals surface area contributed by atoms with Gasteiger partial charge in [-0.25, -0.2) is 0 Å². The van der Waals surface area contributed by atoms with E-state index < -0.39 is 0 Å². The summed E-state index contributed by atoms with van der Waals surface area (Å²) in [4.78, 5) is 0. The van der Waals surface area contributed by atoms with Gasteiger partial charge < -0.3 is 5.73 Å². The average molecular weight is 219 g/mol. The molecule has 1 nitrogen and oxygen atoms in total. The van der Waals surface area contributed by atoms with E-state index >= 15 is 0 Å². The van der Waals surface area contributed by atoms with Gasteiger partial charge in [-0.1, -0.05) is 50.6 Å². The molecule has 0 amide bonds. The summed E-state index contributed by atoms with van der Waals surface area (Å²) in [7, 11) is 0. The molecule has 0 saturated carbocycles. The first-order valence-electron chi connectivity index (χ1n) is 6.18. The summed E-state index contributed by atoms with van der Waals surface area (Å²) in [6.07, 6.45) is 3.30. The van der Waals surface area contributed by atoms with Gasteiger partial charge >= 0.3 is 0 Å². The number of hydrogen-bond acceptors (Lipinski definition) is 1. The van der Waals surface area contributed by atoms with Crippen LogP contribution in [0.5, 0.6) is 0 Å². The molecule has 1 aromatic rings. The second kappa shape index (κ2) is 5.49. The lowest BCUT2D eigenvalue weighted by atomic mass is 9.87. The van der Waals surface area contributed by atoms with Crippen LogP contribution >= 0.6 is 0 Å². The highest BCUT2D eigenvalue weighted by Gasteiger charge is 2.12. The Kier molecular flexibility index (Phi) is 4.55. The summed E-state index contributed by atoms with van der Waals surface area (Å²) in [5.41, 5.74) is 9.21. The molecule has 0 aromatic heterocycles. The minimum atomic E-state index is 0.293. The highest BCUT2D eigenvalue weighted by Crippen LogP contribution is 2.22. The normalized spacial score (nSPS) is 13.8. The Morgan fingerprint density at radius 2 is 1.69 bits per heavy atom. The van der Waals surface area contributed by atoms with E-state index in [9.17, 15) is 0 Å². The van der Waals surface area contributed by atoms with E-state index in [0.29, 0.717) is 11.5 Å². The van der Waals surface area contributed by atoms with E-state index in [4.69, 9.17) is 5.73 Å². The van der Waals surface area contributed by atoms with E-state index in [-0.39, 0.29) is 0 Å². The Hall–Kier alpha value is -0.820. The Morgan fingerprint density at radius 3 is 2.19 bits per heavy atom. The SMILES string of the molecule is Cc1ccc(CC(N)CCC(C)(C)C)cc1. The van der Waals surface area contributed by atoms with Gasteiger partial charge in [0.2, 0.25) is 0 Å². The molecule has 0 fully saturated rings. The largest absolute Gasteiger partial charge is 0.327 e. The quantitative estimate of drug-likeness (QED) is 0.821. The van der Waals surface area contributed by atoms with E-state index in [1.165, 1.54) is 17.5 Å². The van der Waals surface area contributed by atoms with Crippen molar-refractivity contribution in [2.75, 3.05) is 0 Å². The highest BCUT2D eigenvalue weighted by atomic mass is 14.6. The van der Waals surface area contributed by atoms with E-state index in [1.54, 1.807) is 0 Å². The van der Waals surface area contributed by atoms with Crippen LogP contribution in [-0.4, -0.2) is 6.04 Å². The molecular weight excluding hydrogens is 194 g/mol. The molecule has 1 rings (SSSR count). The van der Waals surface area contributed by atoms with E-state index in [2.05, 4.69) is 52.0 Å².